The Morgan fingerprint density at radius 2 is 1.52 bits per heavy atom. The van der Waals surface area contributed by atoms with Crippen molar-refractivity contribution in [2.75, 3.05) is 13.2 Å². The standard InChI is InChI=1S/C24H45N3O2Si2/c1-23(2,3)30(7,8)28-16-18-11-13-21(26-18)20(15-25)22-14-12-19(27-22)17-29-31(9,10)24(4,5)6/h18-19,26H,11-14,16-17H2,1-10H3/b21-20+/t18-,19-/m0/s1. The van der Waals surface area contributed by atoms with Crippen LogP contribution in [0.5, 0.6) is 0 Å². The molecular weight excluding hydrogens is 418 g/mol. The summed E-state index contributed by atoms with van der Waals surface area (Å²) in [5.74, 6) is 0. The minimum atomic E-state index is -1.77. The highest BCUT2D eigenvalue weighted by Gasteiger charge is 2.39. The first-order chi connectivity index (χ1) is 14.1. The van der Waals surface area contributed by atoms with E-state index in [9.17, 15) is 5.26 Å². The predicted molar refractivity (Wildman–Crippen MR) is 136 cm³/mol. The Morgan fingerprint density at radius 3 is 2.03 bits per heavy atom. The summed E-state index contributed by atoms with van der Waals surface area (Å²) in [6.07, 6.45) is 3.75. The van der Waals surface area contributed by atoms with Gasteiger partial charge >= 0.3 is 0 Å². The molecule has 1 N–H and O–H groups in total. The average Bonchev–Trinajstić information content (AvgIpc) is 3.27. The zero-order chi connectivity index (χ0) is 23.7. The molecule has 31 heavy (non-hydrogen) atoms. The summed E-state index contributed by atoms with van der Waals surface area (Å²) >= 11 is 0. The van der Waals surface area contributed by atoms with Crippen LogP contribution >= 0.6 is 0 Å². The largest absolute Gasteiger partial charge is 0.415 e. The molecule has 5 nitrogen and oxygen atoms in total. The van der Waals surface area contributed by atoms with Gasteiger partial charge in [-0.25, -0.2) is 0 Å². The smallest absolute Gasteiger partial charge is 0.192 e. The molecule has 2 heterocycles. The number of hydrogen-bond donors (Lipinski definition) is 1. The van der Waals surface area contributed by atoms with Crippen molar-refractivity contribution >= 4 is 22.3 Å². The highest BCUT2D eigenvalue weighted by Crippen LogP contribution is 2.38. The minimum absolute atomic E-state index is 0.173. The Kier molecular flexibility index (Phi) is 8.06. The third-order valence-corrected chi connectivity index (χ3v) is 16.8. The van der Waals surface area contributed by atoms with E-state index in [0.717, 1.165) is 42.7 Å². The van der Waals surface area contributed by atoms with Gasteiger partial charge in [0.25, 0.3) is 0 Å². The van der Waals surface area contributed by atoms with E-state index in [1.165, 1.54) is 0 Å². The summed E-state index contributed by atoms with van der Waals surface area (Å²) < 4.78 is 12.8. The van der Waals surface area contributed by atoms with Crippen LogP contribution in [0.15, 0.2) is 16.3 Å². The fourth-order valence-electron chi connectivity index (χ4n) is 3.35. The maximum Gasteiger partial charge on any atom is 0.192 e. The number of aliphatic imine (C=N–C) groups is 1. The third-order valence-electron chi connectivity index (χ3n) is 7.77. The monoisotopic (exact) mass is 463 g/mol. The molecule has 2 aliphatic heterocycles. The molecule has 2 atom stereocenters. The zero-order valence-electron chi connectivity index (χ0n) is 21.6. The van der Waals surface area contributed by atoms with Crippen LogP contribution in [0.25, 0.3) is 0 Å². The van der Waals surface area contributed by atoms with Crippen molar-refractivity contribution in [3.63, 3.8) is 0 Å². The van der Waals surface area contributed by atoms with Crippen LogP contribution < -0.4 is 5.32 Å². The van der Waals surface area contributed by atoms with Crippen LogP contribution in [-0.4, -0.2) is 47.6 Å². The first-order valence-corrected chi connectivity index (χ1v) is 17.6. The van der Waals surface area contributed by atoms with Crippen molar-refractivity contribution < 1.29 is 8.85 Å². The number of nitrogens with one attached hydrogen (secondary N) is 1. The van der Waals surface area contributed by atoms with Crippen molar-refractivity contribution in [3.8, 4) is 6.07 Å². The van der Waals surface area contributed by atoms with Crippen LogP contribution in [0.4, 0.5) is 0 Å². The maximum atomic E-state index is 9.87. The van der Waals surface area contributed by atoms with Crippen molar-refractivity contribution in [2.24, 2.45) is 4.99 Å². The normalized spacial score (nSPS) is 24.6. The molecule has 0 aliphatic carbocycles. The van der Waals surface area contributed by atoms with E-state index < -0.39 is 16.6 Å². The number of allylic oxidation sites excluding steroid dienone is 2. The van der Waals surface area contributed by atoms with Gasteiger partial charge in [0.1, 0.15) is 6.07 Å². The summed E-state index contributed by atoms with van der Waals surface area (Å²) in [4.78, 5) is 4.90. The first kappa shape index (κ1) is 26.3. The fourth-order valence-corrected chi connectivity index (χ4v) is 5.44. The molecule has 0 spiro atoms. The summed E-state index contributed by atoms with van der Waals surface area (Å²) in [7, 11) is -3.53. The molecule has 0 saturated carbocycles. The number of rotatable bonds is 7. The van der Waals surface area contributed by atoms with Crippen LogP contribution in [0.2, 0.25) is 36.3 Å². The van der Waals surface area contributed by atoms with Crippen LogP contribution in [-0.2, 0) is 8.85 Å². The van der Waals surface area contributed by atoms with Gasteiger partial charge in [-0.15, -0.1) is 0 Å². The lowest BCUT2D eigenvalue weighted by Crippen LogP contribution is -2.43. The lowest BCUT2D eigenvalue weighted by atomic mass is 10.1. The minimum Gasteiger partial charge on any atom is -0.415 e. The van der Waals surface area contributed by atoms with Gasteiger partial charge in [-0.1, -0.05) is 41.5 Å². The SMILES string of the molecule is CC(C)(C)[Si](C)(C)OC[C@@H]1CCC(/C(C#N)=C2\CC[C@@H](CO[Si](C)(C)C(C)(C)C)N2)=N1. The first-order valence-electron chi connectivity index (χ1n) is 11.8. The van der Waals surface area contributed by atoms with Gasteiger partial charge in [0, 0.05) is 11.7 Å². The summed E-state index contributed by atoms with van der Waals surface area (Å²) in [5.41, 5.74) is 2.76. The van der Waals surface area contributed by atoms with Gasteiger partial charge < -0.3 is 14.2 Å². The molecule has 0 aromatic heterocycles. The van der Waals surface area contributed by atoms with Crippen molar-refractivity contribution in [1.29, 1.82) is 5.26 Å². The summed E-state index contributed by atoms with van der Waals surface area (Å²) in [6.45, 7) is 24.1. The molecule has 2 rings (SSSR count). The number of nitriles is 1. The number of hydrogen-bond acceptors (Lipinski definition) is 5. The highest BCUT2D eigenvalue weighted by atomic mass is 28.4. The average molecular weight is 464 g/mol. The molecule has 0 radical (unpaired) electrons. The van der Waals surface area contributed by atoms with E-state index in [-0.39, 0.29) is 22.2 Å². The van der Waals surface area contributed by atoms with Gasteiger partial charge in [-0.2, -0.15) is 5.26 Å². The lowest BCUT2D eigenvalue weighted by Gasteiger charge is -2.37. The van der Waals surface area contributed by atoms with Crippen LogP contribution in [0, 0.1) is 11.3 Å². The third kappa shape index (κ3) is 6.53. The Hall–Kier alpha value is -0.946. The van der Waals surface area contributed by atoms with E-state index in [2.05, 4.69) is 79.1 Å². The molecular formula is C24H45N3O2Si2. The van der Waals surface area contributed by atoms with E-state index in [1.807, 2.05) is 0 Å². The second kappa shape index (κ2) is 9.50. The van der Waals surface area contributed by atoms with Crippen molar-refractivity contribution in [2.45, 2.75) is 116 Å². The molecule has 176 valence electrons. The van der Waals surface area contributed by atoms with Crippen LogP contribution in [0.3, 0.4) is 0 Å². The predicted octanol–water partition coefficient (Wildman–Crippen LogP) is 6.16. The van der Waals surface area contributed by atoms with Crippen molar-refractivity contribution in [1.82, 2.24) is 5.32 Å². The Labute approximate surface area is 193 Å². The van der Waals surface area contributed by atoms with Gasteiger partial charge in [0.05, 0.1) is 30.5 Å². The van der Waals surface area contributed by atoms with Crippen LogP contribution in [0.1, 0.15) is 67.2 Å². The van der Waals surface area contributed by atoms with E-state index in [4.69, 9.17) is 13.8 Å². The summed E-state index contributed by atoms with van der Waals surface area (Å²) in [5, 5.41) is 13.9. The molecule has 7 heteroatoms. The van der Waals surface area contributed by atoms with Gasteiger partial charge in [0.2, 0.25) is 0 Å². The molecule has 0 aromatic rings. The van der Waals surface area contributed by atoms with E-state index in [0.29, 0.717) is 13.2 Å². The fraction of sp³-hybridized carbons (Fsp3) is 0.833. The van der Waals surface area contributed by atoms with Gasteiger partial charge in [0.15, 0.2) is 16.6 Å². The Morgan fingerprint density at radius 1 is 0.968 bits per heavy atom. The lowest BCUT2D eigenvalue weighted by molar-refractivity contribution is 0.255. The summed E-state index contributed by atoms with van der Waals surface area (Å²) in [6, 6.07) is 2.90. The Bertz CT molecular complexity index is 752. The molecule has 0 unspecified atom stereocenters. The number of nitrogens with zero attached hydrogens (tertiary/aromatic N) is 2. The second-order valence-electron chi connectivity index (χ2n) is 12.3. The van der Waals surface area contributed by atoms with E-state index >= 15 is 0 Å². The molecule has 1 fully saturated rings. The zero-order valence-corrected chi connectivity index (χ0v) is 23.6. The molecule has 0 aromatic carbocycles. The van der Waals surface area contributed by atoms with E-state index in [1.54, 1.807) is 0 Å². The molecule has 0 amide bonds. The molecule has 2 aliphatic rings. The second-order valence-corrected chi connectivity index (χ2v) is 21.9. The Balaban J connectivity index is 1.99. The highest BCUT2D eigenvalue weighted by molar-refractivity contribution is 6.74. The topological polar surface area (TPSA) is 66.6 Å². The van der Waals surface area contributed by atoms with Crippen molar-refractivity contribution in [3.05, 3.63) is 11.3 Å². The maximum absolute atomic E-state index is 9.87. The van der Waals surface area contributed by atoms with Gasteiger partial charge in [-0.05, 0) is 61.9 Å². The van der Waals surface area contributed by atoms with Gasteiger partial charge in [-0.3, -0.25) is 4.99 Å². The molecule has 1 saturated heterocycles. The quantitative estimate of drug-likeness (QED) is 0.362. The molecule has 0 bridgehead atoms.